The van der Waals surface area contributed by atoms with Gasteiger partial charge in [-0.25, -0.2) is 9.78 Å². The van der Waals surface area contributed by atoms with Gasteiger partial charge in [0.05, 0.1) is 12.6 Å². The molecule has 0 saturated carbocycles. The Bertz CT molecular complexity index is 490. The van der Waals surface area contributed by atoms with Crippen molar-refractivity contribution in [3.63, 3.8) is 0 Å². The van der Waals surface area contributed by atoms with Crippen LogP contribution in [0.25, 0.3) is 10.9 Å². The molecule has 0 aromatic carbocycles. The molecule has 0 spiro atoms. The molecule has 0 radical (unpaired) electrons. The van der Waals surface area contributed by atoms with Crippen LogP contribution in [-0.4, -0.2) is 28.3 Å². The Hall–Kier alpha value is -1.91. The number of hydrogen-bond donors (Lipinski definition) is 1. The SMILES string of the molecule is COC(=O)c1cc2n[nH]c(C)c2cn1. The van der Waals surface area contributed by atoms with Gasteiger partial charge in [0.2, 0.25) is 0 Å². The Balaban J connectivity index is 2.57. The first-order valence-electron chi connectivity index (χ1n) is 4.11. The average Bonchev–Trinajstić information content (AvgIpc) is 2.59. The van der Waals surface area contributed by atoms with Crippen molar-refractivity contribution in [3.05, 3.63) is 23.7 Å². The molecule has 0 aliphatic rings. The normalized spacial score (nSPS) is 10.4. The summed E-state index contributed by atoms with van der Waals surface area (Å²) < 4.78 is 4.55. The van der Waals surface area contributed by atoms with E-state index in [0.717, 1.165) is 16.6 Å². The number of esters is 1. The second-order valence-corrected chi connectivity index (χ2v) is 2.93. The van der Waals surface area contributed by atoms with Gasteiger partial charge in [-0.1, -0.05) is 0 Å². The number of fused-ring (bicyclic) bond motifs is 1. The molecule has 5 nitrogen and oxygen atoms in total. The summed E-state index contributed by atoms with van der Waals surface area (Å²) in [7, 11) is 1.32. The number of ether oxygens (including phenoxy) is 1. The zero-order valence-corrected chi connectivity index (χ0v) is 7.87. The van der Waals surface area contributed by atoms with Crippen LogP contribution in [0.4, 0.5) is 0 Å². The number of hydrogen-bond acceptors (Lipinski definition) is 4. The lowest BCUT2D eigenvalue weighted by Crippen LogP contribution is -2.03. The van der Waals surface area contributed by atoms with Gasteiger partial charge in [-0.05, 0) is 13.0 Å². The molecule has 0 unspecified atom stereocenters. The monoisotopic (exact) mass is 191 g/mol. The van der Waals surface area contributed by atoms with Gasteiger partial charge in [0.25, 0.3) is 0 Å². The maximum absolute atomic E-state index is 11.1. The number of aryl methyl sites for hydroxylation is 1. The Labute approximate surface area is 80.1 Å². The lowest BCUT2D eigenvalue weighted by atomic mass is 10.2. The second kappa shape index (κ2) is 3.10. The van der Waals surface area contributed by atoms with Crippen LogP contribution in [0.1, 0.15) is 16.2 Å². The summed E-state index contributed by atoms with van der Waals surface area (Å²) >= 11 is 0. The van der Waals surface area contributed by atoms with E-state index in [0.29, 0.717) is 0 Å². The number of pyridine rings is 1. The van der Waals surface area contributed by atoms with Gasteiger partial charge in [-0.3, -0.25) is 5.10 Å². The van der Waals surface area contributed by atoms with Crippen LogP contribution in [0.3, 0.4) is 0 Å². The number of carbonyl (C=O) groups excluding carboxylic acids is 1. The number of H-pyrrole nitrogens is 1. The molecule has 0 aliphatic carbocycles. The van der Waals surface area contributed by atoms with Crippen molar-refractivity contribution in [2.24, 2.45) is 0 Å². The summed E-state index contributed by atoms with van der Waals surface area (Å²) in [5.41, 5.74) is 1.92. The van der Waals surface area contributed by atoms with Crippen molar-refractivity contribution in [1.82, 2.24) is 15.2 Å². The number of rotatable bonds is 1. The van der Waals surface area contributed by atoms with Crippen molar-refractivity contribution in [2.45, 2.75) is 6.92 Å². The third kappa shape index (κ3) is 1.22. The maximum Gasteiger partial charge on any atom is 0.356 e. The van der Waals surface area contributed by atoms with Crippen LogP contribution >= 0.6 is 0 Å². The fraction of sp³-hybridized carbons (Fsp3) is 0.222. The smallest absolute Gasteiger partial charge is 0.356 e. The van der Waals surface area contributed by atoms with E-state index in [4.69, 9.17) is 0 Å². The summed E-state index contributed by atoms with van der Waals surface area (Å²) in [4.78, 5) is 15.1. The fourth-order valence-corrected chi connectivity index (χ4v) is 1.25. The van der Waals surface area contributed by atoms with Crippen LogP contribution in [-0.2, 0) is 4.74 Å². The highest BCUT2D eigenvalue weighted by molar-refractivity contribution is 5.92. The van der Waals surface area contributed by atoms with E-state index in [1.54, 1.807) is 12.3 Å². The molecular weight excluding hydrogens is 182 g/mol. The van der Waals surface area contributed by atoms with E-state index in [1.807, 2.05) is 6.92 Å². The van der Waals surface area contributed by atoms with Crippen LogP contribution in [0.2, 0.25) is 0 Å². The van der Waals surface area contributed by atoms with Crippen molar-refractivity contribution in [1.29, 1.82) is 0 Å². The highest BCUT2D eigenvalue weighted by Gasteiger charge is 2.09. The Morgan fingerprint density at radius 3 is 3.07 bits per heavy atom. The molecule has 2 rings (SSSR count). The predicted octanol–water partition coefficient (Wildman–Crippen LogP) is 1.05. The van der Waals surface area contributed by atoms with Crippen LogP contribution in [0.15, 0.2) is 12.3 Å². The molecule has 14 heavy (non-hydrogen) atoms. The molecule has 0 atom stereocenters. The summed E-state index contributed by atoms with van der Waals surface area (Å²) in [6.45, 7) is 1.90. The number of methoxy groups -OCH3 is 1. The van der Waals surface area contributed by atoms with Gasteiger partial charge in [0.1, 0.15) is 0 Å². The molecule has 0 fully saturated rings. The van der Waals surface area contributed by atoms with Gasteiger partial charge < -0.3 is 4.74 Å². The second-order valence-electron chi connectivity index (χ2n) is 2.93. The van der Waals surface area contributed by atoms with Crippen molar-refractivity contribution in [2.75, 3.05) is 7.11 Å². The zero-order valence-electron chi connectivity index (χ0n) is 7.87. The highest BCUT2D eigenvalue weighted by atomic mass is 16.5. The lowest BCUT2D eigenvalue weighted by molar-refractivity contribution is 0.0594. The molecular formula is C9H9N3O2. The first-order valence-corrected chi connectivity index (χ1v) is 4.11. The van der Waals surface area contributed by atoms with E-state index in [2.05, 4.69) is 19.9 Å². The molecule has 72 valence electrons. The molecule has 2 aromatic heterocycles. The standard InChI is InChI=1S/C9H9N3O2/c1-5-6-4-10-8(9(13)14-2)3-7(6)12-11-5/h3-4H,1-2H3,(H,11,12). The minimum Gasteiger partial charge on any atom is -0.464 e. The number of aromatic nitrogens is 3. The molecule has 0 amide bonds. The predicted molar refractivity (Wildman–Crippen MR) is 50.0 cm³/mol. The molecule has 5 heteroatoms. The van der Waals surface area contributed by atoms with Gasteiger partial charge in [-0.2, -0.15) is 5.10 Å². The Kier molecular flexibility index (Phi) is 1.92. The van der Waals surface area contributed by atoms with E-state index in [-0.39, 0.29) is 5.69 Å². The highest BCUT2D eigenvalue weighted by Crippen LogP contribution is 2.14. The number of nitrogens with one attached hydrogen (secondary N) is 1. The lowest BCUT2D eigenvalue weighted by Gasteiger charge is -1.96. The summed E-state index contributed by atoms with van der Waals surface area (Å²) in [5, 5.41) is 7.76. The molecule has 0 saturated heterocycles. The number of nitrogens with zero attached hydrogens (tertiary/aromatic N) is 2. The molecule has 1 N–H and O–H groups in total. The third-order valence-electron chi connectivity index (χ3n) is 2.02. The molecule has 2 heterocycles. The third-order valence-corrected chi connectivity index (χ3v) is 2.02. The summed E-state index contributed by atoms with van der Waals surface area (Å²) in [5.74, 6) is -0.451. The summed E-state index contributed by atoms with van der Waals surface area (Å²) in [6, 6.07) is 1.60. The van der Waals surface area contributed by atoms with E-state index >= 15 is 0 Å². The van der Waals surface area contributed by atoms with E-state index < -0.39 is 5.97 Å². The largest absolute Gasteiger partial charge is 0.464 e. The zero-order chi connectivity index (χ0) is 10.1. The first kappa shape index (κ1) is 8.68. The molecule has 0 bridgehead atoms. The van der Waals surface area contributed by atoms with Crippen molar-refractivity contribution >= 4 is 16.9 Å². The minimum atomic E-state index is -0.451. The van der Waals surface area contributed by atoms with E-state index in [1.165, 1.54) is 7.11 Å². The molecule has 2 aromatic rings. The van der Waals surface area contributed by atoms with Crippen molar-refractivity contribution < 1.29 is 9.53 Å². The number of carbonyl (C=O) groups is 1. The Morgan fingerprint density at radius 1 is 1.57 bits per heavy atom. The summed E-state index contributed by atoms with van der Waals surface area (Å²) in [6.07, 6.45) is 1.61. The Morgan fingerprint density at radius 2 is 2.36 bits per heavy atom. The molecule has 0 aliphatic heterocycles. The fourth-order valence-electron chi connectivity index (χ4n) is 1.25. The van der Waals surface area contributed by atoms with Crippen LogP contribution in [0.5, 0.6) is 0 Å². The van der Waals surface area contributed by atoms with Gasteiger partial charge in [0, 0.05) is 17.3 Å². The topological polar surface area (TPSA) is 67.9 Å². The van der Waals surface area contributed by atoms with Crippen molar-refractivity contribution in [3.8, 4) is 0 Å². The van der Waals surface area contributed by atoms with Crippen LogP contribution in [0, 0.1) is 6.92 Å². The van der Waals surface area contributed by atoms with Gasteiger partial charge in [-0.15, -0.1) is 0 Å². The number of aromatic amines is 1. The van der Waals surface area contributed by atoms with Gasteiger partial charge in [0.15, 0.2) is 5.69 Å². The first-order chi connectivity index (χ1) is 6.72. The maximum atomic E-state index is 11.1. The van der Waals surface area contributed by atoms with Crippen LogP contribution < -0.4 is 0 Å². The minimum absolute atomic E-state index is 0.270. The van der Waals surface area contributed by atoms with E-state index in [9.17, 15) is 4.79 Å². The van der Waals surface area contributed by atoms with Gasteiger partial charge >= 0.3 is 5.97 Å². The quantitative estimate of drug-likeness (QED) is 0.684. The average molecular weight is 191 g/mol.